The third-order valence-corrected chi connectivity index (χ3v) is 2.55. The summed E-state index contributed by atoms with van der Waals surface area (Å²) < 4.78 is 0. The molecule has 0 bridgehead atoms. The zero-order chi connectivity index (χ0) is 11.1. The minimum Gasteiger partial charge on any atom is -0.380 e. The van der Waals surface area contributed by atoms with Gasteiger partial charge in [-0.15, -0.1) is 0 Å². The summed E-state index contributed by atoms with van der Waals surface area (Å²) in [6.45, 7) is 6.34. The molecule has 1 N–H and O–H groups in total. The Bertz CT molecular complexity index is 401. The smallest absolute Gasteiger partial charge is 0.163 e. The van der Waals surface area contributed by atoms with Gasteiger partial charge in [0.15, 0.2) is 5.78 Å². The molecule has 15 heavy (non-hydrogen) atoms. The van der Waals surface area contributed by atoms with Crippen molar-refractivity contribution in [2.75, 3.05) is 5.32 Å². The van der Waals surface area contributed by atoms with Crippen LogP contribution < -0.4 is 5.32 Å². The lowest BCUT2D eigenvalue weighted by atomic mass is 10.1. The third-order valence-electron chi connectivity index (χ3n) is 2.55. The first kappa shape index (κ1) is 10.2. The standard InChI is InChI=1S/C13H17NO/c1-13(2,3)14-10-6-4-9-5-7-12(15)11(9)8-10/h4,6,8,14H,5,7H2,1-3H3. The molecule has 2 nitrogen and oxygen atoms in total. The summed E-state index contributed by atoms with van der Waals surface area (Å²) >= 11 is 0. The SMILES string of the molecule is CC(C)(C)Nc1ccc2c(c1)C(=O)CC2. The van der Waals surface area contributed by atoms with Crippen LogP contribution in [0, 0.1) is 0 Å². The fourth-order valence-electron chi connectivity index (χ4n) is 1.95. The van der Waals surface area contributed by atoms with Crippen molar-refractivity contribution in [3.63, 3.8) is 0 Å². The number of rotatable bonds is 1. The molecule has 2 rings (SSSR count). The lowest BCUT2D eigenvalue weighted by Gasteiger charge is -2.22. The van der Waals surface area contributed by atoms with Crippen LogP contribution in [0.2, 0.25) is 0 Å². The molecule has 1 aliphatic carbocycles. The van der Waals surface area contributed by atoms with Crippen LogP contribution in [0.5, 0.6) is 0 Å². The third kappa shape index (κ3) is 2.20. The number of hydrogen-bond donors (Lipinski definition) is 1. The van der Waals surface area contributed by atoms with Gasteiger partial charge in [-0.05, 0) is 44.9 Å². The number of carbonyl (C=O) groups excluding carboxylic acids is 1. The monoisotopic (exact) mass is 203 g/mol. The average molecular weight is 203 g/mol. The summed E-state index contributed by atoms with van der Waals surface area (Å²) in [6.07, 6.45) is 1.58. The molecule has 0 aliphatic heterocycles. The number of anilines is 1. The molecular formula is C13H17NO. The van der Waals surface area contributed by atoms with Crippen LogP contribution >= 0.6 is 0 Å². The zero-order valence-electron chi connectivity index (χ0n) is 9.55. The molecule has 0 amide bonds. The molecule has 0 unspecified atom stereocenters. The van der Waals surface area contributed by atoms with Crippen molar-refractivity contribution in [1.29, 1.82) is 0 Å². The highest BCUT2D eigenvalue weighted by Crippen LogP contribution is 2.26. The second kappa shape index (κ2) is 3.37. The average Bonchev–Trinajstić information content (AvgIpc) is 2.45. The second-order valence-electron chi connectivity index (χ2n) is 5.17. The van der Waals surface area contributed by atoms with E-state index in [1.54, 1.807) is 0 Å². The number of benzene rings is 1. The van der Waals surface area contributed by atoms with Crippen LogP contribution in [-0.4, -0.2) is 11.3 Å². The Morgan fingerprint density at radius 1 is 1.20 bits per heavy atom. The summed E-state index contributed by atoms with van der Waals surface area (Å²) in [4.78, 5) is 11.6. The maximum absolute atomic E-state index is 11.6. The molecule has 0 saturated heterocycles. The van der Waals surface area contributed by atoms with E-state index in [-0.39, 0.29) is 11.3 Å². The van der Waals surface area contributed by atoms with Crippen LogP contribution in [0.15, 0.2) is 18.2 Å². The molecule has 0 spiro atoms. The van der Waals surface area contributed by atoms with E-state index in [1.165, 1.54) is 5.56 Å². The number of nitrogens with one attached hydrogen (secondary N) is 1. The van der Waals surface area contributed by atoms with Crippen molar-refractivity contribution >= 4 is 11.5 Å². The van der Waals surface area contributed by atoms with Gasteiger partial charge in [0.2, 0.25) is 0 Å². The predicted molar refractivity (Wildman–Crippen MR) is 62.5 cm³/mol. The fraction of sp³-hybridized carbons (Fsp3) is 0.462. The van der Waals surface area contributed by atoms with Gasteiger partial charge in [-0.25, -0.2) is 0 Å². The molecule has 0 heterocycles. The molecule has 0 fully saturated rings. The highest BCUT2D eigenvalue weighted by Gasteiger charge is 2.20. The van der Waals surface area contributed by atoms with Crippen molar-refractivity contribution in [2.45, 2.75) is 39.2 Å². The Hall–Kier alpha value is -1.31. The normalized spacial score (nSPS) is 15.3. The predicted octanol–water partition coefficient (Wildman–Crippen LogP) is 3.03. The van der Waals surface area contributed by atoms with Crippen molar-refractivity contribution in [3.05, 3.63) is 29.3 Å². The highest BCUT2D eigenvalue weighted by atomic mass is 16.1. The van der Waals surface area contributed by atoms with Gasteiger partial charge < -0.3 is 5.32 Å². The van der Waals surface area contributed by atoms with E-state index in [9.17, 15) is 4.79 Å². The Labute approximate surface area is 90.7 Å². The van der Waals surface area contributed by atoms with E-state index in [4.69, 9.17) is 0 Å². The Morgan fingerprint density at radius 2 is 1.93 bits per heavy atom. The van der Waals surface area contributed by atoms with Gasteiger partial charge in [0.05, 0.1) is 0 Å². The zero-order valence-corrected chi connectivity index (χ0v) is 9.55. The van der Waals surface area contributed by atoms with Crippen LogP contribution in [0.25, 0.3) is 0 Å². The molecule has 1 aromatic carbocycles. The van der Waals surface area contributed by atoms with Gasteiger partial charge in [-0.3, -0.25) is 4.79 Å². The summed E-state index contributed by atoms with van der Waals surface area (Å²) in [5, 5.41) is 3.38. The van der Waals surface area contributed by atoms with Crippen LogP contribution in [0.4, 0.5) is 5.69 Å². The fourth-order valence-corrected chi connectivity index (χ4v) is 1.95. The highest BCUT2D eigenvalue weighted by molar-refractivity contribution is 6.01. The van der Waals surface area contributed by atoms with Crippen molar-refractivity contribution in [1.82, 2.24) is 0 Å². The minimum absolute atomic E-state index is 0.0376. The molecule has 0 atom stereocenters. The maximum atomic E-state index is 11.6. The van der Waals surface area contributed by atoms with Crippen molar-refractivity contribution < 1.29 is 4.79 Å². The van der Waals surface area contributed by atoms with Gasteiger partial charge in [-0.1, -0.05) is 6.07 Å². The second-order valence-corrected chi connectivity index (χ2v) is 5.17. The van der Waals surface area contributed by atoms with E-state index in [1.807, 2.05) is 6.07 Å². The van der Waals surface area contributed by atoms with Crippen molar-refractivity contribution in [3.8, 4) is 0 Å². The van der Waals surface area contributed by atoms with Gasteiger partial charge in [0.25, 0.3) is 0 Å². The molecule has 0 radical (unpaired) electrons. The Morgan fingerprint density at radius 3 is 2.60 bits per heavy atom. The molecule has 0 aromatic heterocycles. The van der Waals surface area contributed by atoms with E-state index < -0.39 is 0 Å². The number of carbonyl (C=O) groups is 1. The summed E-state index contributed by atoms with van der Waals surface area (Å²) in [7, 11) is 0. The quantitative estimate of drug-likeness (QED) is 0.760. The summed E-state index contributed by atoms with van der Waals surface area (Å²) in [5.41, 5.74) is 3.18. The van der Waals surface area contributed by atoms with E-state index >= 15 is 0 Å². The number of aryl methyl sites for hydroxylation is 1. The topological polar surface area (TPSA) is 29.1 Å². The molecule has 1 aliphatic rings. The van der Waals surface area contributed by atoms with E-state index in [0.717, 1.165) is 17.7 Å². The van der Waals surface area contributed by atoms with Crippen LogP contribution in [0.3, 0.4) is 0 Å². The molecule has 1 aromatic rings. The molecule has 2 heteroatoms. The molecule has 80 valence electrons. The van der Waals surface area contributed by atoms with Crippen LogP contribution in [-0.2, 0) is 6.42 Å². The van der Waals surface area contributed by atoms with Gasteiger partial charge in [0, 0.05) is 23.2 Å². The number of fused-ring (bicyclic) bond motifs is 1. The Balaban J connectivity index is 2.30. The van der Waals surface area contributed by atoms with Crippen LogP contribution in [0.1, 0.15) is 43.1 Å². The Kier molecular flexibility index (Phi) is 2.29. The van der Waals surface area contributed by atoms with Gasteiger partial charge in [-0.2, -0.15) is 0 Å². The maximum Gasteiger partial charge on any atom is 0.163 e. The lowest BCUT2D eigenvalue weighted by Crippen LogP contribution is -2.26. The number of ketones is 1. The van der Waals surface area contributed by atoms with Crippen molar-refractivity contribution in [2.24, 2.45) is 0 Å². The first-order valence-corrected chi connectivity index (χ1v) is 5.40. The molecule has 0 saturated carbocycles. The van der Waals surface area contributed by atoms with E-state index in [0.29, 0.717) is 6.42 Å². The molecular weight excluding hydrogens is 186 g/mol. The first-order valence-electron chi connectivity index (χ1n) is 5.40. The summed E-state index contributed by atoms with van der Waals surface area (Å²) in [5.74, 6) is 0.280. The first-order chi connectivity index (χ1) is 6.96. The number of hydrogen-bond acceptors (Lipinski definition) is 2. The van der Waals surface area contributed by atoms with E-state index in [2.05, 4.69) is 38.2 Å². The van der Waals surface area contributed by atoms with Gasteiger partial charge >= 0.3 is 0 Å². The minimum atomic E-state index is 0.0376. The summed E-state index contributed by atoms with van der Waals surface area (Å²) in [6, 6.07) is 6.10. The lowest BCUT2D eigenvalue weighted by molar-refractivity contribution is 0.0994. The van der Waals surface area contributed by atoms with Gasteiger partial charge in [0.1, 0.15) is 0 Å². The number of Topliss-reactive ketones (excluding diaryl/α,β-unsaturated/α-hetero) is 1. The largest absolute Gasteiger partial charge is 0.380 e.